The molecule has 0 aliphatic heterocycles. The Morgan fingerprint density at radius 1 is 1.29 bits per heavy atom. The summed E-state index contributed by atoms with van der Waals surface area (Å²) in [5.74, 6) is 3.44. The van der Waals surface area contributed by atoms with Crippen LogP contribution in [0.4, 0.5) is 0 Å². The normalized spacial score (nSPS) is 9.88. The predicted octanol–water partition coefficient (Wildman–Crippen LogP) is 2.58. The predicted molar refractivity (Wildman–Crippen MR) is 67.7 cm³/mol. The van der Waals surface area contributed by atoms with Crippen LogP contribution in [-0.4, -0.2) is 16.4 Å². The summed E-state index contributed by atoms with van der Waals surface area (Å²) < 4.78 is 7.13. The maximum atomic E-state index is 5.39. The fraction of sp³-hybridized carbons (Fsp3) is 0.214. The van der Waals surface area contributed by atoms with E-state index >= 15 is 0 Å². The van der Waals surface area contributed by atoms with E-state index in [-0.39, 0.29) is 0 Å². The minimum Gasteiger partial charge on any atom is -0.494 e. The van der Waals surface area contributed by atoms with Crippen molar-refractivity contribution >= 4 is 0 Å². The summed E-state index contributed by atoms with van der Waals surface area (Å²) in [4.78, 5) is 0. The fourth-order valence-electron chi connectivity index (χ4n) is 1.60. The molecule has 86 valence electrons. The summed E-state index contributed by atoms with van der Waals surface area (Å²) in [6.07, 6.45) is 8.99. The van der Waals surface area contributed by atoms with Crippen LogP contribution in [0.1, 0.15) is 6.92 Å². The Hall–Kier alpha value is -2.21. The molecule has 2 rings (SSSR count). The number of rotatable bonds is 4. The first-order chi connectivity index (χ1) is 8.33. The van der Waals surface area contributed by atoms with Crippen molar-refractivity contribution in [3.05, 3.63) is 36.7 Å². The Balaban J connectivity index is 2.18. The van der Waals surface area contributed by atoms with E-state index in [1.807, 2.05) is 43.6 Å². The van der Waals surface area contributed by atoms with Gasteiger partial charge in [-0.15, -0.1) is 6.42 Å². The summed E-state index contributed by atoms with van der Waals surface area (Å²) in [6.45, 7) is 3.15. The van der Waals surface area contributed by atoms with Gasteiger partial charge in [-0.3, -0.25) is 4.68 Å². The largest absolute Gasteiger partial charge is 0.494 e. The van der Waals surface area contributed by atoms with E-state index in [1.54, 1.807) is 4.68 Å². The Labute approximate surface area is 101 Å². The molecule has 2 aromatic rings. The number of hydrogen-bond donors (Lipinski definition) is 0. The molecular formula is C14H14N2O. The molecule has 1 aromatic carbocycles. The molecule has 1 aromatic heterocycles. The second-order valence-electron chi connectivity index (χ2n) is 3.59. The van der Waals surface area contributed by atoms with E-state index in [0.717, 1.165) is 16.9 Å². The number of ether oxygens (including phenoxy) is 1. The Morgan fingerprint density at radius 3 is 2.71 bits per heavy atom. The summed E-state index contributed by atoms with van der Waals surface area (Å²) >= 11 is 0. The monoisotopic (exact) mass is 226 g/mol. The van der Waals surface area contributed by atoms with Crippen molar-refractivity contribution in [2.75, 3.05) is 6.61 Å². The lowest BCUT2D eigenvalue weighted by atomic mass is 10.1. The maximum Gasteiger partial charge on any atom is 0.119 e. The van der Waals surface area contributed by atoms with Crippen molar-refractivity contribution in [1.29, 1.82) is 0 Å². The van der Waals surface area contributed by atoms with Crippen LogP contribution in [0.3, 0.4) is 0 Å². The van der Waals surface area contributed by atoms with Gasteiger partial charge in [0.05, 0.1) is 12.8 Å². The lowest BCUT2D eigenvalue weighted by Gasteiger charge is -2.03. The van der Waals surface area contributed by atoms with Gasteiger partial charge in [-0.2, -0.15) is 5.10 Å². The first kappa shape index (κ1) is 11.3. The molecule has 0 N–H and O–H groups in total. The summed E-state index contributed by atoms with van der Waals surface area (Å²) in [5.41, 5.74) is 2.17. The molecule has 0 saturated carbocycles. The Kier molecular flexibility index (Phi) is 3.46. The van der Waals surface area contributed by atoms with Gasteiger partial charge >= 0.3 is 0 Å². The van der Waals surface area contributed by atoms with E-state index in [1.165, 1.54) is 0 Å². The van der Waals surface area contributed by atoms with Crippen LogP contribution in [0.25, 0.3) is 11.1 Å². The molecule has 0 unspecified atom stereocenters. The van der Waals surface area contributed by atoms with Crippen molar-refractivity contribution in [3.63, 3.8) is 0 Å². The third kappa shape index (κ3) is 2.67. The molecule has 0 atom stereocenters. The quantitative estimate of drug-likeness (QED) is 0.749. The Bertz CT molecular complexity index is 520. The number of nitrogens with zero attached hydrogens (tertiary/aromatic N) is 2. The first-order valence-corrected chi connectivity index (χ1v) is 5.52. The van der Waals surface area contributed by atoms with Gasteiger partial charge in [0.1, 0.15) is 12.3 Å². The molecule has 0 amide bonds. The molecule has 17 heavy (non-hydrogen) atoms. The lowest BCUT2D eigenvalue weighted by Crippen LogP contribution is -1.94. The van der Waals surface area contributed by atoms with Gasteiger partial charge in [-0.05, 0) is 24.6 Å². The van der Waals surface area contributed by atoms with Gasteiger partial charge in [0, 0.05) is 11.8 Å². The fourth-order valence-corrected chi connectivity index (χ4v) is 1.60. The van der Waals surface area contributed by atoms with Crippen LogP contribution in [0.15, 0.2) is 36.7 Å². The Morgan fingerprint density at radius 2 is 2.06 bits per heavy atom. The molecule has 3 nitrogen and oxygen atoms in total. The highest BCUT2D eigenvalue weighted by molar-refractivity contribution is 5.62. The molecule has 0 saturated heterocycles. The standard InChI is InChI=1S/C14H14N2O/c1-3-9-16-11-13(10-15-16)12-5-7-14(8-6-12)17-4-2/h1,5-8,10-11H,4,9H2,2H3. The zero-order chi connectivity index (χ0) is 12.1. The molecular weight excluding hydrogens is 212 g/mol. The molecule has 3 heteroatoms. The van der Waals surface area contributed by atoms with Gasteiger partial charge in [0.25, 0.3) is 0 Å². The van der Waals surface area contributed by atoms with Crippen molar-refractivity contribution in [2.45, 2.75) is 13.5 Å². The SMILES string of the molecule is C#CCn1cc(-c2ccc(OCC)cc2)cn1. The van der Waals surface area contributed by atoms with E-state index < -0.39 is 0 Å². The molecule has 0 radical (unpaired) electrons. The van der Waals surface area contributed by atoms with Crippen LogP contribution >= 0.6 is 0 Å². The highest BCUT2D eigenvalue weighted by Crippen LogP contribution is 2.21. The first-order valence-electron chi connectivity index (χ1n) is 5.52. The van der Waals surface area contributed by atoms with Crippen LogP contribution in [0, 0.1) is 12.3 Å². The minimum atomic E-state index is 0.497. The average Bonchev–Trinajstić information content (AvgIpc) is 2.80. The average molecular weight is 226 g/mol. The molecule has 0 spiro atoms. The van der Waals surface area contributed by atoms with E-state index in [9.17, 15) is 0 Å². The van der Waals surface area contributed by atoms with Crippen LogP contribution in [0.2, 0.25) is 0 Å². The second-order valence-corrected chi connectivity index (χ2v) is 3.59. The molecule has 0 fully saturated rings. The topological polar surface area (TPSA) is 27.1 Å². The highest BCUT2D eigenvalue weighted by Gasteiger charge is 2.01. The zero-order valence-corrected chi connectivity index (χ0v) is 9.76. The van der Waals surface area contributed by atoms with Gasteiger partial charge in [-0.25, -0.2) is 0 Å². The maximum absolute atomic E-state index is 5.39. The second kappa shape index (κ2) is 5.22. The van der Waals surface area contributed by atoms with Gasteiger partial charge < -0.3 is 4.74 Å². The number of aromatic nitrogens is 2. The van der Waals surface area contributed by atoms with E-state index in [2.05, 4.69) is 11.0 Å². The zero-order valence-electron chi connectivity index (χ0n) is 9.76. The van der Waals surface area contributed by atoms with Crippen molar-refractivity contribution in [1.82, 2.24) is 9.78 Å². The van der Waals surface area contributed by atoms with Gasteiger partial charge in [0.2, 0.25) is 0 Å². The molecule has 1 heterocycles. The van der Waals surface area contributed by atoms with Gasteiger partial charge in [0.15, 0.2) is 0 Å². The summed E-state index contributed by atoms with van der Waals surface area (Å²) in [6, 6.07) is 7.94. The number of benzene rings is 1. The summed E-state index contributed by atoms with van der Waals surface area (Å²) in [7, 11) is 0. The number of hydrogen-bond acceptors (Lipinski definition) is 2. The van der Waals surface area contributed by atoms with Crippen molar-refractivity contribution in [2.24, 2.45) is 0 Å². The van der Waals surface area contributed by atoms with Gasteiger partial charge in [-0.1, -0.05) is 18.1 Å². The molecule has 0 aliphatic carbocycles. The minimum absolute atomic E-state index is 0.497. The van der Waals surface area contributed by atoms with E-state index in [0.29, 0.717) is 13.2 Å². The smallest absolute Gasteiger partial charge is 0.119 e. The third-order valence-electron chi connectivity index (χ3n) is 2.39. The van der Waals surface area contributed by atoms with Crippen LogP contribution in [-0.2, 0) is 6.54 Å². The third-order valence-corrected chi connectivity index (χ3v) is 2.39. The summed E-state index contributed by atoms with van der Waals surface area (Å²) in [5, 5.41) is 4.18. The highest BCUT2D eigenvalue weighted by atomic mass is 16.5. The molecule has 0 bridgehead atoms. The molecule has 0 aliphatic rings. The van der Waals surface area contributed by atoms with Crippen LogP contribution in [0.5, 0.6) is 5.75 Å². The van der Waals surface area contributed by atoms with Crippen molar-refractivity contribution in [3.8, 4) is 29.2 Å². The number of terminal acetylenes is 1. The van der Waals surface area contributed by atoms with E-state index in [4.69, 9.17) is 11.2 Å². The van der Waals surface area contributed by atoms with Crippen molar-refractivity contribution < 1.29 is 4.74 Å². The van der Waals surface area contributed by atoms with Crippen LogP contribution < -0.4 is 4.74 Å². The lowest BCUT2D eigenvalue weighted by molar-refractivity contribution is 0.340.